The Labute approximate surface area is 53.1 Å². The summed E-state index contributed by atoms with van der Waals surface area (Å²) in [5.41, 5.74) is 2.43. The van der Waals surface area contributed by atoms with E-state index in [4.69, 9.17) is 0 Å². The van der Waals surface area contributed by atoms with Gasteiger partial charge in [0, 0.05) is 6.54 Å². The van der Waals surface area contributed by atoms with Gasteiger partial charge in [0.1, 0.15) is 0 Å². The topological polar surface area (TPSA) is 37.8 Å². The summed E-state index contributed by atoms with van der Waals surface area (Å²) in [5, 5.41) is 10.7. The van der Waals surface area contributed by atoms with Crippen LogP contribution < -0.4 is 5.32 Å². The zero-order chi connectivity index (χ0) is 6.10. The third-order valence-corrected chi connectivity index (χ3v) is 1.52. The van der Waals surface area contributed by atoms with Gasteiger partial charge < -0.3 is 5.32 Å². The van der Waals surface area contributed by atoms with Crippen molar-refractivity contribution in [1.29, 1.82) is 0 Å². The fourth-order valence-electron chi connectivity index (χ4n) is 1.04. The van der Waals surface area contributed by atoms with Crippen molar-refractivity contribution in [3.63, 3.8) is 0 Å². The highest BCUT2D eigenvalue weighted by Gasteiger charge is 2.07. The van der Waals surface area contributed by atoms with Crippen LogP contribution in [0.2, 0.25) is 0 Å². The van der Waals surface area contributed by atoms with Crippen LogP contribution in [-0.4, -0.2) is 16.7 Å². The van der Waals surface area contributed by atoms with E-state index in [0.29, 0.717) is 0 Å². The lowest BCUT2D eigenvalue weighted by Crippen LogP contribution is -1.90. The molecule has 3 nitrogen and oxygen atoms in total. The molecular weight excluding hydrogens is 114 g/mol. The number of hydrogen-bond acceptors (Lipinski definition) is 3. The van der Waals surface area contributed by atoms with E-state index >= 15 is 0 Å². The van der Waals surface area contributed by atoms with Crippen molar-refractivity contribution in [2.75, 3.05) is 11.9 Å². The predicted molar refractivity (Wildman–Crippen MR) is 34.2 cm³/mol. The third-order valence-electron chi connectivity index (χ3n) is 1.52. The molecule has 2 rings (SSSR count). The molecule has 1 N–H and O–H groups in total. The smallest absolute Gasteiger partial charge is 0.0730 e. The average Bonchev–Trinajstić information content (AvgIpc) is 2.33. The van der Waals surface area contributed by atoms with Gasteiger partial charge in [-0.15, -0.1) is 0 Å². The molecule has 9 heavy (non-hydrogen) atoms. The largest absolute Gasteiger partial charge is 0.383 e. The van der Waals surface area contributed by atoms with Crippen LogP contribution in [0.1, 0.15) is 5.56 Å². The van der Waals surface area contributed by atoms with Crippen LogP contribution >= 0.6 is 0 Å². The fraction of sp³-hybridized carbons (Fsp3) is 0.333. The van der Waals surface area contributed by atoms with Crippen molar-refractivity contribution in [3.05, 3.63) is 18.0 Å². The van der Waals surface area contributed by atoms with E-state index in [1.807, 2.05) is 6.20 Å². The number of hydrogen-bond donors (Lipinski definition) is 1. The maximum absolute atomic E-state index is 3.77. The summed E-state index contributed by atoms with van der Waals surface area (Å²) in [6.45, 7) is 1.03. The number of aromatic nitrogens is 2. The molecule has 46 valence electrons. The molecule has 0 spiro atoms. The van der Waals surface area contributed by atoms with Crippen LogP contribution in [0.3, 0.4) is 0 Å². The van der Waals surface area contributed by atoms with Crippen LogP contribution in [0.15, 0.2) is 12.4 Å². The van der Waals surface area contributed by atoms with Crippen molar-refractivity contribution in [1.82, 2.24) is 10.2 Å². The van der Waals surface area contributed by atoms with Gasteiger partial charge in [-0.2, -0.15) is 10.2 Å². The van der Waals surface area contributed by atoms with Gasteiger partial charge in [-0.3, -0.25) is 0 Å². The summed E-state index contributed by atoms with van der Waals surface area (Å²) in [7, 11) is 0. The molecule has 0 saturated carbocycles. The molecule has 0 radical (unpaired) electrons. The summed E-state index contributed by atoms with van der Waals surface area (Å²) >= 11 is 0. The molecule has 1 aliphatic rings. The number of rotatable bonds is 0. The SMILES string of the molecule is c1nncc2c1CCN2. The van der Waals surface area contributed by atoms with Crippen molar-refractivity contribution in [2.45, 2.75) is 6.42 Å². The normalized spacial score (nSPS) is 14.7. The second-order valence-electron chi connectivity index (χ2n) is 2.10. The minimum atomic E-state index is 1.03. The molecule has 0 atom stereocenters. The number of anilines is 1. The van der Waals surface area contributed by atoms with Crippen LogP contribution in [0.5, 0.6) is 0 Å². The van der Waals surface area contributed by atoms with E-state index in [1.54, 1.807) is 6.20 Å². The van der Waals surface area contributed by atoms with Gasteiger partial charge in [-0.1, -0.05) is 0 Å². The molecular formula is C6H7N3. The van der Waals surface area contributed by atoms with E-state index in [2.05, 4.69) is 15.5 Å². The molecule has 3 heteroatoms. The Morgan fingerprint density at radius 2 is 2.22 bits per heavy atom. The molecule has 1 aliphatic heterocycles. The molecule has 1 aromatic rings. The lowest BCUT2D eigenvalue weighted by molar-refractivity contribution is 1.01. The summed E-state index contributed by atoms with van der Waals surface area (Å²) in [5.74, 6) is 0. The van der Waals surface area contributed by atoms with Crippen molar-refractivity contribution in [2.24, 2.45) is 0 Å². The van der Waals surface area contributed by atoms with Gasteiger partial charge in [0.25, 0.3) is 0 Å². The predicted octanol–water partition coefficient (Wildman–Crippen LogP) is 0.445. The Morgan fingerprint density at radius 1 is 1.33 bits per heavy atom. The summed E-state index contributed by atoms with van der Waals surface area (Å²) in [6, 6.07) is 0. The average molecular weight is 121 g/mol. The molecule has 0 fully saturated rings. The van der Waals surface area contributed by atoms with Crippen LogP contribution in [-0.2, 0) is 6.42 Å². The second kappa shape index (κ2) is 1.69. The molecule has 2 heterocycles. The molecule has 0 saturated heterocycles. The molecule has 0 aliphatic carbocycles. The van der Waals surface area contributed by atoms with E-state index in [9.17, 15) is 0 Å². The Balaban J connectivity index is 2.54. The Kier molecular flexibility index (Phi) is 0.886. The first-order chi connectivity index (χ1) is 4.47. The zero-order valence-corrected chi connectivity index (χ0v) is 4.96. The second-order valence-corrected chi connectivity index (χ2v) is 2.10. The van der Waals surface area contributed by atoms with E-state index in [0.717, 1.165) is 18.7 Å². The lowest BCUT2D eigenvalue weighted by atomic mass is 10.2. The third kappa shape index (κ3) is 0.650. The number of nitrogens with zero attached hydrogens (tertiary/aromatic N) is 2. The van der Waals surface area contributed by atoms with Crippen LogP contribution in [0.25, 0.3) is 0 Å². The lowest BCUT2D eigenvalue weighted by Gasteiger charge is -1.92. The Hall–Kier alpha value is -1.12. The molecule has 0 amide bonds. The zero-order valence-electron chi connectivity index (χ0n) is 4.96. The van der Waals surface area contributed by atoms with Crippen molar-refractivity contribution in [3.8, 4) is 0 Å². The standard InChI is InChI=1S/C6H7N3/c1-2-7-6-4-9-8-3-5(1)6/h3-4,7H,1-2H2. The fourth-order valence-corrected chi connectivity index (χ4v) is 1.04. The monoisotopic (exact) mass is 121 g/mol. The van der Waals surface area contributed by atoms with Gasteiger partial charge in [0.05, 0.1) is 18.1 Å². The minimum Gasteiger partial charge on any atom is -0.383 e. The molecule has 0 bridgehead atoms. The van der Waals surface area contributed by atoms with E-state index in [-0.39, 0.29) is 0 Å². The van der Waals surface area contributed by atoms with Crippen LogP contribution in [0.4, 0.5) is 5.69 Å². The van der Waals surface area contributed by atoms with Gasteiger partial charge in [0.2, 0.25) is 0 Å². The maximum atomic E-state index is 3.77. The number of fused-ring (bicyclic) bond motifs is 1. The first-order valence-electron chi connectivity index (χ1n) is 3.00. The Morgan fingerprint density at radius 3 is 3.11 bits per heavy atom. The van der Waals surface area contributed by atoms with Crippen molar-refractivity contribution >= 4 is 5.69 Å². The van der Waals surface area contributed by atoms with E-state index in [1.165, 1.54) is 5.56 Å². The molecule has 1 aromatic heterocycles. The Bertz CT molecular complexity index is 198. The molecule has 0 unspecified atom stereocenters. The maximum Gasteiger partial charge on any atom is 0.0730 e. The van der Waals surface area contributed by atoms with Gasteiger partial charge in [0.15, 0.2) is 0 Å². The first kappa shape index (κ1) is 4.73. The highest BCUT2D eigenvalue weighted by atomic mass is 15.1. The highest BCUT2D eigenvalue weighted by Crippen LogP contribution is 2.17. The first-order valence-corrected chi connectivity index (χ1v) is 3.00. The van der Waals surface area contributed by atoms with Gasteiger partial charge >= 0.3 is 0 Å². The van der Waals surface area contributed by atoms with Crippen LogP contribution in [0, 0.1) is 0 Å². The van der Waals surface area contributed by atoms with Gasteiger partial charge in [-0.25, -0.2) is 0 Å². The highest BCUT2D eigenvalue weighted by molar-refractivity contribution is 5.51. The molecule has 0 aromatic carbocycles. The summed E-state index contributed by atoms with van der Waals surface area (Å²) in [6.07, 6.45) is 4.67. The van der Waals surface area contributed by atoms with E-state index < -0.39 is 0 Å². The van der Waals surface area contributed by atoms with Gasteiger partial charge in [-0.05, 0) is 12.0 Å². The minimum absolute atomic E-state index is 1.03. The summed E-state index contributed by atoms with van der Waals surface area (Å²) in [4.78, 5) is 0. The van der Waals surface area contributed by atoms with Crippen molar-refractivity contribution < 1.29 is 0 Å². The number of nitrogens with one attached hydrogen (secondary N) is 1. The summed E-state index contributed by atoms with van der Waals surface area (Å²) < 4.78 is 0. The quantitative estimate of drug-likeness (QED) is 0.541.